The van der Waals surface area contributed by atoms with Crippen LogP contribution in [0.25, 0.3) is 0 Å². The van der Waals surface area contributed by atoms with Crippen molar-refractivity contribution < 1.29 is 0 Å². The molecule has 0 fully saturated rings. The molecule has 5 N–H and O–H groups in total. The third-order valence-corrected chi connectivity index (χ3v) is 1.76. The van der Waals surface area contributed by atoms with Gasteiger partial charge in [0.1, 0.15) is 0 Å². The number of hydrogen-bond donors (Lipinski definition) is 4. The smallest absolute Gasteiger partial charge is 0.00767 e. The number of hydrogen-bond acceptors (Lipinski definition) is 4. The van der Waals surface area contributed by atoms with Crippen LogP contribution in [0.1, 0.15) is 13.3 Å². The van der Waals surface area contributed by atoms with Crippen LogP contribution >= 0.6 is 0 Å². The molecule has 0 unspecified atom stereocenters. The molecule has 0 aromatic rings. The number of likely N-dealkylation sites (N-methyl/N-ethyl adjacent to an activating group) is 1. The molecule has 0 aliphatic heterocycles. The van der Waals surface area contributed by atoms with E-state index in [4.69, 9.17) is 5.73 Å². The summed E-state index contributed by atoms with van der Waals surface area (Å²) in [7, 11) is 0. The summed E-state index contributed by atoms with van der Waals surface area (Å²) < 4.78 is 0. The Labute approximate surface area is 81.6 Å². The maximum absolute atomic E-state index is 5.34. The Morgan fingerprint density at radius 1 is 0.846 bits per heavy atom. The summed E-state index contributed by atoms with van der Waals surface area (Å²) in [5, 5.41) is 9.88. The molecule has 0 aromatic carbocycles. The lowest BCUT2D eigenvalue weighted by Crippen LogP contribution is -2.30. The Hall–Kier alpha value is -0.160. The van der Waals surface area contributed by atoms with Gasteiger partial charge in [-0.2, -0.15) is 0 Å². The van der Waals surface area contributed by atoms with Crippen LogP contribution in [0.5, 0.6) is 0 Å². The molecule has 13 heavy (non-hydrogen) atoms. The van der Waals surface area contributed by atoms with Gasteiger partial charge < -0.3 is 21.7 Å². The van der Waals surface area contributed by atoms with Crippen LogP contribution in [-0.2, 0) is 0 Å². The fourth-order valence-corrected chi connectivity index (χ4v) is 1.04. The SMILES string of the molecule is CCNCCNCCCNCCN. The van der Waals surface area contributed by atoms with Crippen LogP contribution in [0.15, 0.2) is 0 Å². The van der Waals surface area contributed by atoms with Gasteiger partial charge in [-0.05, 0) is 26.1 Å². The van der Waals surface area contributed by atoms with Crippen LogP contribution in [0.4, 0.5) is 0 Å². The molecular weight excluding hydrogens is 164 g/mol. The zero-order valence-electron chi connectivity index (χ0n) is 8.73. The van der Waals surface area contributed by atoms with E-state index in [1.165, 1.54) is 6.42 Å². The molecule has 80 valence electrons. The van der Waals surface area contributed by atoms with Crippen molar-refractivity contribution >= 4 is 0 Å². The summed E-state index contributed by atoms with van der Waals surface area (Å²) in [6.45, 7) is 9.10. The van der Waals surface area contributed by atoms with Gasteiger partial charge in [0, 0.05) is 26.2 Å². The van der Waals surface area contributed by atoms with Crippen molar-refractivity contribution in [3.63, 3.8) is 0 Å². The molecule has 0 rings (SSSR count). The van der Waals surface area contributed by atoms with Crippen molar-refractivity contribution in [3.05, 3.63) is 0 Å². The predicted molar refractivity (Wildman–Crippen MR) is 58.0 cm³/mol. The van der Waals surface area contributed by atoms with Gasteiger partial charge in [-0.15, -0.1) is 0 Å². The Balaban J connectivity index is 2.76. The maximum Gasteiger partial charge on any atom is 0.00767 e. The molecule has 4 nitrogen and oxygen atoms in total. The molecular formula is C9H24N4. The first-order valence-corrected chi connectivity index (χ1v) is 5.24. The third kappa shape index (κ3) is 11.8. The van der Waals surface area contributed by atoms with Crippen molar-refractivity contribution in [2.24, 2.45) is 5.73 Å². The second-order valence-electron chi connectivity index (χ2n) is 3.00. The van der Waals surface area contributed by atoms with Crippen LogP contribution in [0, 0.1) is 0 Å². The van der Waals surface area contributed by atoms with E-state index in [1.54, 1.807) is 0 Å². The predicted octanol–water partition coefficient (Wildman–Crippen LogP) is -0.876. The summed E-state index contributed by atoms with van der Waals surface area (Å²) >= 11 is 0. The number of rotatable bonds is 10. The molecule has 0 aliphatic carbocycles. The van der Waals surface area contributed by atoms with Crippen molar-refractivity contribution in [2.45, 2.75) is 13.3 Å². The Bertz CT molecular complexity index is 77.7. The van der Waals surface area contributed by atoms with Gasteiger partial charge in [0.25, 0.3) is 0 Å². The summed E-state index contributed by atoms with van der Waals surface area (Å²) in [5.41, 5.74) is 5.34. The summed E-state index contributed by atoms with van der Waals surface area (Å²) in [6.07, 6.45) is 1.17. The molecule has 0 spiro atoms. The van der Waals surface area contributed by atoms with Crippen LogP contribution in [0.3, 0.4) is 0 Å². The molecule has 0 radical (unpaired) electrons. The highest BCUT2D eigenvalue weighted by Gasteiger charge is 1.87. The minimum absolute atomic E-state index is 0.730. The summed E-state index contributed by atoms with van der Waals surface area (Å²) in [6, 6.07) is 0. The number of nitrogens with two attached hydrogens (primary N) is 1. The first-order chi connectivity index (χ1) is 6.41. The van der Waals surface area contributed by atoms with Gasteiger partial charge >= 0.3 is 0 Å². The minimum Gasteiger partial charge on any atom is -0.329 e. The first kappa shape index (κ1) is 12.8. The Kier molecular flexibility index (Phi) is 11.7. The highest BCUT2D eigenvalue weighted by Crippen LogP contribution is 1.71. The van der Waals surface area contributed by atoms with Gasteiger partial charge in [0.05, 0.1) is 0 Å². The van der Waals surface area contributed by atoms with Crippen LogP contribution in [-0.4, -0.2) is 45.8 Å². The van der Waals surface area contributed by atoms with Crippen molar-refractivity contribution in [3.8, 4) is 0 Å². The fraction of sp³-hybridized carbons (Fsp3) is 1.00. The maximum atomic E-state index is 5.34. The van der Waals surface area contributed by atoms with E-state index < -0.39 is 0 Å². The monoisotopic (exact) mass is 188 g/mol. The molecule has 0 heterocycles. The first-order valence-electron chi connectivity index (χ1n) is 5.24. The average Bonchev–Trinajstić information content (AvgIpc) is 2.16. The fourth-order valence-electron chi connectivity index (χ4n) is 1.04. The third-order valence-electron chi connectivity index (χ3n) is 1.76. The molecule has 4 heteroatoms. The second-order valence-corrected chi connectivity index (χ2v) is 3.00. The topological polar surface area (TPSA) is 62.1 Å². The Morgan fingerprint density at radius 2 is 1.46 bits per heavy atom. The Morgan fingerprint density at radius 3 is 2.08 bits per heavy atom. The van der Waals surface area contributed by atoms with E-state index in [1.807, 2.05) is 0 Å². The molecule has 0 amide bonds. The van der Waals surface area contributed by atoms with Crippen LogP contribution < -0.4 is 21.7 Å². The van der Waals surface area contributed by atoms with Gasteiger partial charge in [-0.25, -0.2) is 0 Å². The van der Waals surface area contributed by atoms with E-state index in [9.17, 15) is 0 Å². The van der Waals surface area contributed by atoms with Crippen molar-refractivity contribution in [1.82, 2.24) is 16.0 Å². The summed E-state index contributed by atoms with van der Waals surface area (Å²) in [4.78, 5) is 0. The largest absolute Gasteiger partial charge is 0.329 e. The van der Waals surface area contributed by atoms with E-state index in [0.29, 0.717) is 0 Å². The van der Waals surface area contributed by atoms with E-state index in [2.05, 4.69) is 22.9 Å². The molecule has 0 saturated carbocycles. The molecule has 0 bridgehead atoms. The standard InChI is InChI=1S/C9H24N4/c1-2-11-8-9-13-6-3-5-12-7-4-10/h11-13H,2-10H2,1H3. The lowest BCUT2D eigenvalue weighted by molar-refractivity contribution is 0.580. The van der Waals surface area contributed by atoms with Crippen molar-refractivity contribution in [1.29, 1.82) is 0 Å². The lowest BCUT2D eigenvalue weighted by Gasteiger charge is -2.05. The lowest BCUT2D eigenvalue weighted by atomic mass is 10.4. The summed E-state index contributed by atoms with van der Waals surface area (Å²) in [5.74, 6) is 0. The zero-order valence-corrected chi connectivity index (χ0v) is 8.73. The highest BCUT2D eigenvalue weighted by atomic mass is 14.9. The quantitative estimate of drug-likeness (QED) is 0.336. The van der Waals surface area contributed by atoms with Gasteiger partial charge in [-0.3, -0.25) is 0 Å². The van der Waals surface area contributed by atoms with E-state index in [0.717, 1.165) is 45.8 Å². The zero-order chi connectivity index (χ0) is 9.78. The van der Waals surface area contributed by atoms with E-state index in [-0.39, 0.29) is 0 Å². The highest BCUT2D eigenvalue weighted by molar-refractivity contribution is 4.53. The second kappa shape index (κ2) is 11.8. The normalized spacial score (nSPS) is 10.6. The number of nitrogens with one attached hydrogen (secondary N) is 3. The van der Waals surface area contributed by atoms with Gasteiger partial charge in [0.15, 0.2) is 0 Å². The van der Waals surface area contributed by atoms with E-state index >= 15 is 0 Å². The molecule has 0 saturated heterocycles. The van der Waals surface area contributed by atoms with Crippen LogP contribution in [0.2, 0.25) is 0 Å². The molecule has 0 atom stereocenters. The van der Waals surface area contributed by atoms with Gasteiger partial charge in [-0.1, -0.05) is 6.92 Å². The average molecular weight is 188 g/mol. The van der Waals surface area contributed by atoms with Crippen molar-refractivity contribution in [2.75, 3.05) is 45.8 Å². The molecule has 0 aromatic heterocycles. The molecule has 0 aliphatic rings. The van der Waals surface area contributed by atoms with Gasteiger partial charge in [0.2, 0.25) is 0 Å². The minimum atomic E-state index is 0.730.